The van der Waals surface area contributed by atoms with E-state index in [2.05, 4.69) is 15.4 Å². The molecule has 3 rings (SSSR count). The molecule has 2 aromatic heterocycles. The molecule has 0 bridgehead atoms. The molecule has 108 valence electrons. The lowest BCUT2D eigenvalue weighted by Gasteiger charge is -1.93. The second-order valence-corrected chi connectivity index (χ2v) is 5.47. The molecule has 0 aliphatic carbocycles. The van der Waals surface area contributed by atoms with Crippen molar-refractivity contribution in [3.63, 3.8) is 0 Å². The SMILES string of the molecule is CCc1nnc(CSCc2cc(-c3ccccc3)on2)o1. The van der Waals surface area contributed by atoms with Crippen LogP contribution in [-0.2, 0) is 17.9 Å². The lowest BCUT2D eigenvalue weighted by molar-refractivity contribution is 0.426. The van der Waals surface area contributed by atoms with Crippen molar-refractivity contribution in [3.8, 4) is 11.3 Å². The quantitative estimate of drug-likeness (QED) is 0.691. The van der Waals surface area contributed by atoms with E-state index in [0.29, 0.717) is 17.5 Å². The van der Waals surface area contributed by atoms with Gasteiger partial charge in [0.1, 0.15) is 0 Å². The zero-order chi connectivity index (χ0) is 14.5. The summed E-state index contributed by atoms with van der Waals surface area (Å²) in [6.45, 7) is 1.99. The fourth-order valence-electron chi connectivity index (χ4n) is 1.85. The number of hydrogen-bond donors (Lipinski definition) is 0. The van der Waals surface area contributed by atoms with E-state index in [1.54, 1.807) is 11.8 Å². The van der Waals surface area contributed by atoms with Gasteiger partial charge in [0.05, 0.1) is 11.4 Å². The van der Waals surface area contributed by atoms with Crippen molar-refractivity contribution in [1.29, 1.82) is 0 Å². The summed E-state index contributed by atoms with van der Waals surface area (Å²) in [5.74, 6) is 3.56. The van der Waals surface area contributed by atoms with Gasteiger partial charge in [-0.05, 0) is 0 Å². The van der Waals surface area contributed by atoms with Crippen LogP contribution in [0.1, 0.15) is 24.4 Å². The molecule has 0 radical (unpaired) electrons. The highest BCUT2D eigenvalue weighted by atomic mass is 32.2. The van der Waals surface area contributed by atoms with E-state index in [-0.39, 0.29) is 0 Å². The number of aryl methyl sites for hydroxylation is 1. The van der Waals surface area contributed by atoms with Crippen molar-refractivity contribution in [2.24, 2.45) is 0 Å². The van der Waals surface area contributed by atoms with Crippen LogP contribution in [0.25, 0.3) is 11.3 Å². The molecule has 0 saturated carbocycles. The molecule has 0 aliphatic heterocycles. The van der Waals surface area contributed by atoms with Crippen LogP contribution in [0.2, 0.25) is 0 Å². The lowest BCUT2D eigenvalue weighted by Crippen LogP contribution is -1.83. The van der Waals surface area contributed by atoms with E-state index < -0.39 is 0 Å². The zero-order valence-corrected chi connectivity index (χ0v) is 12.5. The van der Waals surface area contributed by atoms with E-state index in [9.17, 15) is 0 Å². The van der Waals surface area contributed by atoms with Crippen LogP contribution in [0, 0.1) is 0 Å². The van der Waals surface area contributed by atoms with Crippen molar-refractivity contribution in [3.05, 3.63) is 53.9 Å². The molecule has 0 spiro atoms. The topological polar surface area (TPSA) is 65.0 Å². The smallest absolute Gasteiger partial charge is 0.226 e. The summed E-state index contributed by atoms with van der Waals surface area (Å²) in [6.07, 6.45) is 0.765. The highest BCUT2D eigenvalue weighted by Gasteiger charge is 2.08. The van der Waals surface area contributed by atoms with Crippen LogP contribution in [0.4, 0.5) is 0 Å². The van der Waals surface area contributed by atoms with E-state index in [0.717, 1.165) is 29.2 Å². The van der Waals surface area contributed by atoms with Gasteiger partial charge in [-0.15, -0.1) is 22.0 Å². The number of nitrogens with zero attached hydrogens (tertiary/aromatic N) is 3. The minimum Gasteiger partial charge on any atom is -0.424 e. The Kier molecular flexibility index (Phi) is 4.35. The summed E-state index contributed by atoms with van der Waals surface area (Å²) in [6, 6.07) is 11.9. The number of hydrogen-bond acceptors (Lipinski definition) is 6. The molecular formula is C15H15N3O2S. The maximum Gasteiger partial charge on any atom is 0.226 e. The lowest BCUT2D eigenvalue weighted by atomic mass is 10.2. The number of benzene rings is 1. The van der Waals surface area contributed by atoms with Crippen molar-refractivity contribution in [2.45, 2.75) is 24.9 Å². The van der Waals surface area contributed by atoms with E-state index in [4.69, 9.17) is 8.94 Å². The number of rotatable bonds is 6. The molecule has 0 saturated heterocycles. The summed E-state index contributed by atoms with van der Waals surface area (Å²) in [4.78, 5) is 0. The molecule has 1 aromatic carbocycles. The first-order valence-corrected chi connectivity index (χ1v) is 7.90. The summed E-state index contributed by atoms with van der Waals surface area (Å²) in [7, 11) is 0. The Morgan fingerprint density at radius 2 is 1.86 bits per heavy atom. The highest BCUT2D eigenvalue weighted by molar-refractivity contribution is 7.97. The molecule has 21 heavy (non-hydrogen) atoms. The van der Waals surface area contributed by atoms with Gasteiger partial charge in [0.25, 0.3) is 0 Å². The summed E-state index contributed by atoms with van der Waals surface area (Å²) in [5, 5.41) is 12.0. The molecule has 0 amide bonds. The third kappa shape index (κ3) is 3.52. The highest BCUT2D eigenvalue weighted by Crippen LogP contribution is 2.23. The summed E-state index contributed by atoms with van der Waals surface area (Å²) in [5.41, 5.74) is 1.94. The molecule has 0 atom stereocenters. The summed E-state index contributed by atoms with van der Waals surface area (Å²) >= 11 is 1.67. The Balaban J connectivity index is 1.55. The minimum absolute atomic E-state index is 0.656. The van der Waals surface area contributed by atoms with Crippen molar-refractivity contribution in [1.82, 2.24) is 15.4 Å². The van der Waals surface area contributed by atoms with Crippen molar-refractivity contribution >= 4 is 11.8 Å². The van der Waals surface area contributed by atoms with E-state index in [1.165, 1.54) is 0 Å². The van der Waals surface area contributed by atoms with Crippen LogP contribution in [0.5, 0.6) is 0 Å². The second-order valence-electron chi connectivity index (χ2n) is 4.48. The first-order chi connectivity index (χ1) is 10.3. The van der Waals surface area contributed by atoms with E-state index in [1.807, 2.05) is 43.3 Å². The van der Waals surface area contributed by atoms with E-state index >= 15 is 0 Å². The Hall–Kier alpha value is -2.08. The molecule has 2 heterocycles. The van der Waals surface area contributed by atoms with Gasteiger partial charge < -0.3 is 8.94 Å². The average molecular weight is 301 g/mol. The Labute approximate surface area is 126 Å². The Morgan fingerprint density at radius 3 is 2.62 bits per heavy atom. The standard InChI is InChI=1S/C15H15N3O2S/c1-2-14-16-17-15(19-14)10-21-9-12-8-13(20-18-12)11-6-4-3-5-7-11/h3-8H,2,9-10H2,1H3. The van der Waals surface area contributed by atoms with Crippen LogP contribution in [0.15, 0.2) is 45.3 Å². The Morgan fingerprint density at radius 1 is 1.05 bits per heavy atom. The predicted molar refractivity (Wildman–Crippen MR) is 80.6 cm³/mol. The molecule has 0 aliphatic rings. The third-order valence-corrected chi connectivity index (χ3v) is 3.85. The fourth-order valence-corrected chi connectivity index (χ4v) is 2.59. The molecular weight excluding hydrogens is 286 g/mol. The Bertz CT molecular complexity index is 694. The normalized spacial score (nSPS) is 10.9. The van der Waals surface area contributed by atoms with Gasteiger partial charge in [-0.2, -0.15) is 0 Å². The second kappa shape index (κ2) is 6.58. The van der Waals surface area contributed by atoms with Gasteiger partial charge in [-0.1, -0.05) is 42.4 Å². The monoisotopic (exact) mass is 301 g/mol. The largest absolute Gasteiger partial charge is 0.424 e. The van der Waals surface area contributed by atoms with Crippen LogP contribution < -0.4 is 0 Å². The van der Waals surface area contributed by atoms with Gasteiger partial charge in [0.15, 0.2) is 5.76 Å². The van der Waals surface area contributed by atoms with Gasteiger partial charge in [-0.25, -0.2) is 0 Å². The summed E-state index contributed by atoms with van der Waals surface area (Å²) < 4.78 is 10.8. The molecule has 5 nitrogen and oxygen atoms in total. The number of aromatic nitrogens is 3. The zero-order valence-electron chi connectivity index (χ0n) is 11.7. The van der Waals surface area contributed by atoms with Crippen molar-refractivity contribution in [2.75, 3.05) is 0 Å². The van der Waals surface area contributed by atoms with Crippen molar-refractivity contribution < 1.29 is 8.94 Å². The van der Waals surface area contributed by atoms with Gasteiger partial charge >= 0.3 is 0 Å². The predicted octanol–water partition coefficient (Wildman–Crippen LogP) is 3.72. The molecule has 6 heteroatoms. The number of thioether (sulfide) groups is 1. The van der Waals surface area contributed by atoms with Gasteiger partial charge in [-0.3, -0.25) is 0 Å². The first kappa shape index (κ1) is 13.9. The average Bonchev–Trinajstić information content (AvgIpc) is 3.17. The van der Waals surface area contributed by atoms with Crippen LogP contribution in [0.3, 0.4) is 0 Å². The van der Waals surface area contributed by atoms with Gasteiger partial charge in [0.2, 0.25) is 11.8 Å². The molecule has 0 N–H and O–H groups in total. The molecule has 0 unspecified atom stereocenters. The van der Waals surface area contributed by atoms with Crippen LogP contribution in [-0.4, -0.2) is 15.4 Å². The van der Waals surface area contributed by atoms with Gasteiger partial charge in [0, 0.05) is 23.8 Å². The van der Waals surface area contributed by atoms with Crippen LogP contribution >= 0.6 is 11.8 Å². The minimum atomic E-state index is 0.656. The molecule has 3 aromatic rings. The third-order valence-electron chi connectivity index (χ3n) is 2.90. The maximum absolute atomic E-state index is 5.46. The first-order valence-electron chi connectivity index (χ1n) is 6.75. The maximum atomic E-state index is 5.46. The molecule has 0 fully saturated rings. The fraction of sp³-hybridized carbons (Fsp3) is 0.267.